The second kappa shape index (κ2) is 6.36. The van der Waals surface area contributed by atoms with Crippen LogP contribution in [0, 0.1) is 0 Å². The molecule has 102 valence electrons. The number of carboxylic acid groups (broad SMARTS) is 1. The van der Waals surface area contributed by atoms with E-state index < -0.39 is 11.6 Å². The summed E-state index contributed by atoms with van der Waals surface area (Å²) in [5.74, 6) is -0.796. The molecule has 0 radical (unpaired) electrons. The van der Waals surface area contributed by atoms with Crippen LogP contribution in [0.1, 0.15) is 53.9 Å². The van der Waals surface area contributed by atoms with Crippen molar-refractivity contribution >= 4 is 5.97 Å². The predicted molar refractivity (Wildman–Crippen MR) is 69.1 cm³/mol. The van der Waals surface area contributed by atoms with Gasteiger partial charge in [-0.25, -0.2) is 0 Å². The zero-order chi connectivity index (χ0) is 13.7. The van der Waals surface area contributed by atoms with Crippen LogP contribution in [0.4, 0.5) is 0 Å². The van der Waals surface area contributed by atoms with Crippen LogP contribution in [0.5, 0.6) is 0 Å². The molecule has 0 aliphatic heterocycles. The van der Waals surface area contributed by atoms with Gasteiger partial charge in [0.15, 0.2) is 0 Å². The topological polar surface area (TPSA) is 60.8 Å². The Bertz CT molecular complexity index is 242. The third kappa shape index (κ3) is 6.03. The molecule has 0 aliphatic rings. The maximum absolute atomic E-state index is 10.6. The van der Waals surface area contributed by atoms with Gasteiger partial charge in [-0.15, -0.1) is 0 Å². The Labute approximate surface area is 105 Å². The zero-order valence-corrected chi connectivity index (χ0v) is 11.8. The van der Waals surface area contributed by atoms with Crippen LogP contribution < -0.4 is 0 Å². The lowest BCUT2D eigenvalue weighted by Gasteiger charge is -2.41. The molecule has 0 aromatic heterocycles. The SMILES string of the molecule is CCC(O)(CC)CN(CCC(=O)O)C(C)(C)C. The monoisotopic (exact) mass is 245 g/mol. The van der Waals surface area contributed by atoms with Crippen LogP contribution in [0.2, 0.25) is 0 Å². The van der Waals surface area contributed by atoms with Crippen LogP contribution in [0.3, 0.4) is 0 Å². The van der Waals surface area contributed by atoms with Gasteiger partial charge in [-0.05, 0) is 33.6 Å². The summed E-state index contributed by atoms with van der Waals surface area (Å²) < 4.78 is 0. The van der Waals surface area contributed by atoms with Crippen LogP contribution >= 0.6 is 0 Å². The standard InChI is InChI=1S/C13H27NO3/c1-6-13(17,7-2)10-14(12(3,4)5)9-8-11(15)16/h17H,6-10H2,1-5H3,(H,15,16). The van der Waals surface area contributed by atoms with Gasteiger partial charge in [-0.2, -0.15) is 0 Å². The molecule has 0 aliphatic carbocycles. The Kier molecular flexibility index (Phi) is 6.13. The number of aliphatic hydroxyl groups is 1. The molecule has 0 atom stereocenters. The fraction of sp³-hybridized carbons (Fsp3) is 0.923. The van der Waals surface area contributed by atoms with E-state index in [4.69, 9.17) is 5.11 Å². The Morgan fingerprint density at radius 1 is 1.18 bits per heavy atom. The summed E-state index contributed by atoms with van der Waals surface area (Å²) in [5, 5.41) is 19.1. The minimum Gasteiger partial charge on any atom is -0.481 e. The molecule has 0 heterocycles. The average molecular weight is 245 g/mol. The number of rotatable bonds is 7. The molecule has 4 nitrogen and oxygen atoms in total. The largest absolute Gasteiger partial charge is 0.481 e. The van der Waals surface area contributed by atoms with Crippen molar-refractivity contribution in [1.29, 1.82) is 0 Å². The van der Waals surface area contributed by atoms with Gasteiger partial charge in [0, 0.05) is 18.6 Å². The zero-order valence-electron chi connectivity index (χ0n) is 11.8. The quantitative estimate of drug-likeness (QED) is 0.721. The lowest BCUT2D eigenvalue weighted by molar-refractivity contribution is -0.138. The molecule has 0 saturated carbocycles. The highest BCUT2D eigenvalue weighted by molar-refractivity contribution is 5.66. The van der Waals surface area contributed by atoms with Gasteiger partial charge in [-0.1, -0.05) is 13.8 Å². The van der Waals surface area contributed by atoms with Crippen molar-refractivity contribution in [2.24, 2.45) is 0 Å². The van der Waals surface area contributed by atoms with E-state index in [-0.39, 0.29) is 12.0 Å². The van der Waals surface area contributed by atoms with E-state index in [1.165, 1.54) is 0 Å². The first-order valence-corrected chi connectivity index (χ1v) is 6.34. The van der Waals surface area contributed by atoms with Crippen molar-refractivity contribution in [2.75, 3.05) is 13.1 Å². The van der Waals surface area contributed by atoms with Gasteiger partial charge < -0.3 is 10.2 Å². The number of carboxylic acids is 1. The van der Waals surface area contributed by atoms with E-state index in [9.17, 15) is 9.90 Å². The van der Waals surface area contributed by atoms with Crippen molar-refractivity contribution < 1.29 is 15.0 Å². The summed E-state index contributed by atoms with van der Waals surface area (Å²) in [7, 11) is 0. The van der Waals surface area contributed by atoms with E-state index in [2.05, 4.69) is 0 Å². The summed E-state index contributed by atoms with van der Waals surface area (Å²) >= 11 is 0. The normalized spacial score (nSPS) is 13.1. The Balaban J connectivity index is 4.65. The molecule has 0 unspecified atom stereocenters. The maximum Gasteiger partial charge on any atom is 0.304 e. The fourth-order valence-corrected chi connectivity index (χ4v) is 1.71. The van der Waals surface area contributed by atoms with Crippen molar-refractivity contribution in [2.45, 2.75) is 65.0 Å². The van der Waals surface area contributed by atoms with Crippen LogP contribution in [0.15, 0.2) is 0 Å². The Hall–Kier alpha value is -0.610. The molecule has 0 aromatic carbocycles. The van der Waals surface area contributed by atoms with E-state index >= 15 is 0 Å². The second-order valence-corrected chi connectivity index (χ2v) is 5.67. The number of hydrogen-bond acceptors (Lipinski definition) is 3. The predicted octanol–water partition coefficient (Wildman–Crippen LogP) is 2.11. The smallest absolute Gasteiger partial charge is 0.304 e. The summed E-state index contributed by atoms with van der Waals surface area (Å²) in [6.07, 6.45) is 1.48. The number of β-amino-alcohol motifs (C(OH)–C–C–N with tert-alkyl or cyclic N) is 1. The number of nitrogens with zero attached hydrogens (tertiary/aromatic N) is 1. The molecule has 0 spiro atoms. The number of hydrogen-bond donors (Lipinski definition) is 2. The molecule has 0 aromatic rings. The molecule has 17 heavy (non-hydrogen) atoms. The van der Waals surface area contributed by atoms with Gasteiger partial charge in [0.2, 0.25) is 0 Å². The maximum atomic E-state index is 10.6. The summed E-state index contributed by atoms with van der Waals surface area (Å²) in [5.41, 5.74) is -0.848. The summed E-state index contributed by atoms with van der Waals surface area (Å²) in [4.78, 5) is 12.7. The van der Waals surface area contributed by atoms with Gasteiger partial charge in [0.25, 0.3) is 0 Å². The molecule has 0 saturated heterocycles. The Morgan fingerprint density at radius 3 is 1.94 bits per heavy atom. The summed E-state index contributed by atoms with van der Waals surface area (Å²) in [6.45, 7) is 11.0. The highest BCUT2D eigenvalue weighted by Crippen LogP contribution is 2.22. The molecular weight excluding hydrogens is 218 g/mol. The summed E-state index contributed by atoms with van der Waals surface area (Å²) in [6, 6.07) is 0. The lowest BCUT2D eigenvalue weighted by atomic mass is 9.94. The molecule has 0 bridgehead atoms. The van der Waals surface area contributed by atoms with Gasteiger partial charge in [-0.3, -0.25) is 9.69 Å². The minimum atomic E-state index is -0.796. The molecule has 2 N–H and O–H groups in total. The van der Waals surface area contributed by atoms with Crippen LogP contribution in [0.25, 0.3) is 0 Å². The number of aliphatic carboxylic acids is 1. The van der Waals surface area contributed by atoms with Crippen molar-refractivity contribution in [3.8, 4) is 0 Å². The van der Waals surface area contributed by atoms with E-state index in [1.807, 2.05) is 39.5 Å². The minimum absolute atomic E-state index is 0.112. The van der Waals surface area contributed by atoms with Crippen LogP contribution in [-0.2, 0) is 4.79 Å². The molecule has 4 heteroatoms. The first-order chi connectivity index (χ1) is 7.64. The van der Waals surface area contributed by atoms with Crippen molar-refractivity contribution in [3.63, 3.8) is 0 Å². The average Bonchev–Trinajstić information content (AvgIpc) is 2.22. The highest BCUT2D eigenvalue weighted by Gasteiger charge is 2.31. The lowest BCUT2D eigenvalue weighted by Crippen LogP contribution is -2.51. The third-order valence-corrected chi connectivity index (χ3v) is 3.35. The van der Waals surface area contributed by atoms with Crippen molar-refractivity contribution in [1.82, 2.24) is 4.90 Å². The van der Waals surface area contributed by atoms with E-state index in [0.717, 1.165) is 0 Å². The second-order valence-electron chi connectivity index (χ2n) is 5.67. The fourth-order valence-electron chi connectivity index (χ4n) is 1.71. The molecule has 0 amide bonds. The molecule has 0 fully saturated rings. The molecular formula is C13H27NO3. The Morgan fingerprint density at radius 2 is 1.65 bits per heavy atom. The first kappa shape index (κ1) is 16.4. The number of carbonyl (C=O) groups is 1. The van der Waals surface area contributed by atoms with E-state index in [0.29, 0.717) is 25.9 Å². The van der Waals surface area contributed by atoms with Gasteiger partial charge in [0.1, 0.15) is 0 Å². The third-order valence-electron chi connectivity index (χ3n) is 3.35. The highest BCUT2D eigenvalue weighted by atomic mass is 16.4. The molecule has 0 rings (SSSR count). The van der Waals surface area contributed by atoms with Gasteiger partial charge in [0.05, 0.1) is 12.0 Å². The van der Waals surface area contributed by atoms with Gasteiger partial charge >= 0.3 is 5.97 Å². The first-order valence-electron chi connectivity index (χ1n) is 6.34. The van der Waals surface area contributed by atoms with Crippen molar-refractivity contribution in [3.05, 3.63) is 0 Å². The van der Waals surface area contributed by atoms with Crippen LogP contribution in [-0.4, -0.2) is 45.3 Å². The van der Waals surface area contributed by atoms with E-state index in [1.54, 1.807) is 0 Å².